The maximum Gasteiger partial charge on any atom is 0.220 e. The van der Waals surface area contributed by atoms with E-state index >= 15 is 0 Å². The minimum absolute atomic E-state index is 0.0412. The maximum absolute atomic E-state index is 12.4. The summed E-state index contributed by atoms with van der Waals surface area (Å²) in [5.41, 5.74) is 3.47. The molecule has 1 atom stereocenters. The van der Waals surface area contributed by atoms with Gasteiger partial charge >= 0.3 is 0 Å². The highest BCUT2D eigenvalue weighted by atomic mass is 16.1. The smallest absolute Gasteiger partial charge is 0.220 e. The summed E-state index contributed by atoms with van der Waals surface area (Å²) in [7, 11) is 0. The summed E-state index contributed by atoms with van der Waals surface area (Å²) in [6.45, 7) is 0. The number of carbonyl (C=O) groups is 1. The van der Waals surface area contributed by atoms with Gasteiger partial charge in [-0.25, -0.2) is 9.67 Å². The molecule has 5 nitrogen and oxygen atoms in total. The van der Waals surface area contributed by atoms with Crippen LogP contribution in [0.4, 0.5) is 0 Å². The van der Waals surface area contributed by atoms with Crippen LogP contribution in [-0.4, -0.2) is 20.7 Å². The van der Waals surface area contributed by atoms with Crippen LogP contribution in [0.2, 0.25) is 0 Å². The van der Waals surface area contributed by atoms with Gasteiger partial charge in [0.1, 0.15) is 0 Å². The molecule has 0 saturated carbocycles. The Bertz CT molecular complexity index is 874. The lowest BCUT2D eigenvalue weighted by Crippen LogP contribution is -2.31. The van der Waals surface area contributed by atoms with E-state index in [4.69, 9.17) is 0 Å². The maximum atomic E-state index is 12.4. The summed E-state index contributed by atoms with van der Waals surface area (Å²) in [4.78, 5) is 16.8. The van der Waals surface area contributed by atoms with E-state index in [2.05, 4.69) is 27.5 Å². The molecule has 0 spiro atoms. The standard InChI is InChI=1S/C21H22N4O/c26-21(13-12-16-7-2-1-3-8-16)24-18-9-6-10-19-17(18)15-23-25(19)20-11-4-5-14-22-20/h1-5,7-8,11,14-15,18H,6,9-10,12-13H2,(H,24,26). The van der Waals surface area contributed by atoms with E-state index < -0.39 is 0 Å². The molecular formula is C21H22N4O. The van der Waals surface area contributed by atoms with Crippen molar-refractivity contribution in [2.75, 3.05) is 0 Å². The summed E-state index contributed by atoms with van der Waals surface area (Å²) in [6, 6.07) is 16.0. The zero-order valence-corrected chi connectivity index (χ0v) is 14.6. The number of carbonyl (C=O) groups excluding carboxylic acids is 1. The Hall–Kier alpha value is -2.95. The van der Waals surface area contributed by atoms with E-state index in [1.807, 2.05) is 47.3 Å². The number of pyridine rings is 1. The fourth-order valence-electron chi connectivity index (χ4n) is 3.55. The normalized spacial score (nSPS) is 16.1. The second kappa shape index (κ2) is 7.52. The average molecular weight is 346 g/mol. The zero-order chi connectivity index (χ0) is 17.8. The second-order valence-electron chi connectivity index (χ2n) is 6.64. The number of aromatic nitrogens is 3. The van der Waals surface area contributed by atoms with Crippen LogP contribution < -0.4 is 5.32 Å². The van der Waals surface area contributed by atoms with Crippen molar-refractivity contribution in [2.45, 2.75) is 38.1 Å². The van der Waals surface area contributed by atoms with Crippen LogP contribution >= 0.6 is 0 Å². The summed E-state index contributed by atoms with van der Waals surface area (Å²) in [5.74, 6) is 0.919. The predicted octanol–water partition coefficient (Wildman–Crippen LogP) is 3.39. The first-order valence-electron chi connectivity index (χ1n) is 9.13. The number of amides is 1. The summed E-state index contributed by atoms with van der Waals surface area (Å²) >= 11 is 0. The molecule has 0 fully saturated rings. The van der Waals surface area contributed by atoms with Crippen molar-refractivity contribution in [3.63, 3.8) is 0 Å². The number of fused-ring (bicyclic) bond motifs is 1. The van der Waals surface area contributed by atoms with Crippen molar-refractivity contribution in [3.8, 4) is 5.82 Å². The van der Waals surface area contributed by atoms with Crippen molar-refractivity contribution in [2.24, 2.45) is 0 Å². The largest absolute Gasteiger partial charge is 0.349 e. The van der Waals surface area contributed by atoms with Crippen LogP contribution in [0.5, 0.6) is 0 Å². The van der Waals surface area contributed by atoms with Gasteiger partial charge in [-0.15, -0.1) is 0 Å². The molecule has 1 N–H and O–H groups in total. The molecular weight excluding hydrogens is 324 g/mol. The summed E-state index contributed by atoms with van der Waals surface area (Å²) in [6.07, 6.45) is 7.87. The van der Waals surface area contributed by atoms with E-state index in [0.29, 0.717) is 6.42 Å². The Morgan fingerprint density at radius 2 is 2.00 bits per heavy atom. The van der Waals surface area contributed by atoms with E-state index in [-0.39, 0.29) is 11.9 Å². The Kier molecular flexibility index (Phi) is 4.78. The van der Waals surface area contributed by atoms with Crippen molar-refractivity contribution < 1.29 is 4.79 Å². The van der Waals surface area contributed by atoms with Crippen molar-refractivity contribution >= 4 is 5.91 Å². The molecule has 5 heteroatoms. The third-order valence-corrected chi connectivity index (χ3v) is 4.87. The summed E-state index contributed by atoms with van der Waals surface area (Å²) in [5, 5.41) is 7.72. The van der Waals surface area contributed by atoms with Gasteiger partial charge in [0.05, 0.1) is 17.9 Å². The van der Waals surface area contributed by atoms with Crippen LogP contribution in [0.25, 0.3) is 5.82 Å². The lowest BCUT2D eigenvalue weighted by Gasteiger charge is -2.24. The number of nitrogens with one attached hydrogen (secondary N) is 1. The van der Waals surface area contributed by atoms with Crippen molar-refractivity contribution in [3.05, 3.63) is 77.7 Å². The number of aryl methyl sites for hydroxylation is 1. The van der Waals surface area contributed by atoms with Gasteiger partial charge in [-0.2, -0.15) is 5.10 Å². The Morgan fingerprint density at radius 1 is 1.15 bits per heavy atom. The van der Waals surface area contributed by atoms with Gasteiger partial charge in [0.15, 0.2) is 5.82 Å². The number of hydrogen-bond acceptors (Lipinski definition) is 3. The molecule has 2 aromatic heterocycles. The molecule has 1 amide bonds. The lowest BCUT2D eigenvalue weighted by molar-refractivity contribution is -0.121. The lowest BCUT2D eigenvalue weighted by atomic mass is 9.92. The molecule has 0 bridgehead atoms. The van der Waals surface area contributed by atoms with E-state index in [9.17, 15) is 4.79 Å². The molecule has 1 aliphatic carbocycles. The molecule has 4 rings (SSSR count). The Balaban J connectivity index is 1.45. The highest BCUT2D eigenvalue weighted by Gasteiger charge is 2.26. The number of hydrogen-bond donors (Lipinski definition) is 1. The first kappa shape index (κ1) is 16.5. The first-order chi connectivity index (χ1) is 12.8. The monoisotopic (exact) mass is 346 g/mol. The Labute approximate surface area is 153 Å². The molecule has 3 aromatic rings. The van der Waals surface area contributed by atoms with Crippen LogP contribution in [0.3, 0.4) is 0 Å². The van der Waals surface area contributed by atoms with Gasteiger partial charge in [-0.1, -0.05) is 36.4 Å². The van der Waals surface area contributed by atoms with Crippen molar-refractivity contribution in [1.29, 1.82) is 0 Å². The molecule has 1 aliphatic rings. The minimum Gasteiger partial charge on any atom is -0.349 e. The highest BCUT2D eigenvalue weighted by molar-refractivity contribution is 5.76. The predicted molar refractivity (Wildman–Crippen MR) is 99.9 cm³/mol. The van der Waals surface area contributed by atoms with Gasteiger partial charge in [0.2, 0.25) is 5.91 Å². The Morgan fingerprint density at radius 3 is 2.81 bits per heavy atom. The van der Waals surface area contributed by atoms with Gasteiger partial charge in [-0.3, -0.25) is 4.79 Å². The molecule has 0 aliphatic heterocycles. The minimum atomic E-state index is 0.0412. The van der Waals surface area contributed by atoms with Crippen LogP contribution in [0, 0.1) is 0 Å². The van der Waals surface area contributed by atoms with E-state index in [1.54, 1.807) is 6.20 Å². The third-order valence-electron chi connectivity index (χ3n) is 4.87. The molecule has 0 radical (unpaired) electrons. The fraction of sp³-hybridized carbons (Fsp3) is 0.286. The first-order valence-corrected chi connectivity index (χ1v) is 9.13. The topological polar surface area (TPSA) is 59.8 Å². The molecule has 0 saturated heterocycles. The zero-order valence-electron chi connectivity index (χ0n) is 14.6. The second-order valence-corrected chi connectivity index (χ2v) is 6.64. The van der Waals surface area contributed by atoms with Gasteiger partial charge < -0.3 is 5.32 Å². The molecule has 26 heavy (non-hydrogen) atoms. The number of benzene rings is 1. The highest BCUT2D eigenvalue weighted by Crippen LogP contribution is 2.30. The van der Waals surface area contributed by atoms with Crippen LogP contribution in [0.15, 0.2) is 60.9 Å². The molecule has 132 valence electrons. The van der Waals surface area contributed by atoms with Crippen molar-refractivity contribution in [1.82, 2.24) is 20.1 Å². The number of nitrogens with zero attached hydrogens (tertiary/aromatic N) is 3. The SMILES string of the molecule is O=C(CCc1ccccc1)NC1CCCc2c1cnn2-c1ccccn1. The third kappa shape index (κ3) is 3.52. The van der Waals surface area contributed by atoms with Gasteiger partial charge in [0, 0.05) is 18.2 Å². The molecule has 1 aromatic carbocycles. The fourth-order valence-corrected chi connectivity index (χ4v) is 3.55. The average Bonchev–Trinajstić information content (AvgIpc) is 3.13. The quantitative estimate of drug-likeness (QED) is 0.770. The van der Waals surface area contributed by atoms with Crippen LogP contribution in [0.1, 0.15) is 42.1 Å². The molecule has 1 unspecified atom stereocenters. The summed E-state index contributed by atoms with van der Waals surface area (Å²) < 4.78 is 1.90. The van der Waals surface area contributed by atoms with E-state index in [1.165, 1.54) is 5.56 Å². The van der Waals surface area contributed by atoms with Gasteiger partial charge in [0.25, 0.3) is 0 Å². The molecule has 2 heterocycles. The van der Waals surface area contributed by atoms with E-state index in [0.717, 1.165) is 42.8 Å². The van der Waals surface area contributed by atoms with Gasteiger partial charge in [-0.05, 0) is 43.4 Å². The van der Waals surface area contributed by atoms with Crippen LogP contribution in [-0.2, 0) is 17.6 Å². The number of rotatable bonds is 5.